The summed E-state index contributed by atoms with van der Waals surface area (Å²) in [7, 11) is 3.28. The van der Waals surface area contributed by atoms with Gasteiger partial charge in [0.2, 0.25) is 0 Å². The van der Waals surface area contributed by atoms with Crippen molar-refractivity contribution in [1.82, 2.24) is 0 Å². The standard InChI is InChI=1S/C23H28O6/c1-13-11-23(22(26)21(25)20(13)24)18-9-15(19(28-3)10-16(18)12-29-23)8-14-4-6-17(27-2)7-5-14/h4-7,9-10,13,20-22,24-26H,8,11-12H2,1-3H3/t13-,20+,21-,22+,23+/m0/s1. The largest absolute Gasteiger partial charge is 0.497 e. The lowest BCUT2D eigenvalue weighted by Crippen LogP contribution is -2.58. The zero-order valence-corrected chi connectivity index (χ0v) is 17.0. The van der Waals surface area contributed by atoms with Crippen molar-refractivity contribution in [3.05, 3.63) is 58.7 Å². The third-order valence-electron chi connectivity index (χ3n) is 6.36. The van der Waals surface area contributed by atoms with Crippen molar-refractivity contribution >= 4 is 0 Å². The predicted octanol–water partition coefficient (Wildman–Crippen LogP) is 2.14. The minimum Gasteiger partial charge on any atom is -0.497 e. The SMILES string of the molecule is COc1ccc(Cc2cc3c(cc2OC)CO[C@]32C[C@H](C)[C@@H](O)[C@H](O)[C@H]2O)cc1. The molecule has 1 aliphatic heterocycles. The molecule has 6 heteroatoms. The van der Waals surface area contributed by atoms with Crippen molar-refractivity contribution in [2.24, 2.45) is 5.92 Å². The number of aliphatic hydroxyl groups excluding tert-OH is 3. The Morgan fingerprint density at radius 2 is 1.76 bits per heavy atom. The van der Waals surface area contributed by atoms with E-state index in [0.29, 0.717) is 19.4 Å². The number of hydrogen-bond donors (Lipinski definition) is 3. The Labute approximate surface area is 170 Å². The second-order valence-electron chi connectivity index (χ2n) is 8.13. The number of methoxy groups -OCH3 is 2. The highest BCUT2D eigenvalue weighted by Gasteiger charge is 2.56. The van der Waals surface area contributed by atoms with Crippen LogP contribution in [0.2, 0.25) is 0 Å². The molecule has 3 N–H and O–H groups in total. The van der Waals surface area contributed by atoms with E-state index in [2.05, 4.69) is 0 Å². The summed E-state index contributed by atoms with van der Waals surface area (Å²) in [4.78, 5) is 0. The van der Waals surface area contributed by atoms with Crippen LogP contribution in [0.4, 0.5) is 0 Å². The van der Waals surface area contributed by atoms with Gasteiger partial charge in [0, 0.05) is 6.42 Å². The Hall–Kier alpha value is -2.12. The van der Waals surface area contributed by atoms with Crippen molar-refractivity contribution in [2.45, 2.75) is 50.3 Å². The fourth-order valence-electron chi connectivity index (χ4n) is 4.69. The van der Waals surface area contributed by atoms with Gasteiger partial charge in [-0.25, -0.2) is 0 Å². The first kappa shape index (κ1) is 20.2. The topological polar surface area (TPSA) is 88.4 Å². The molecular weight excluding hydrogens is 372 g/mol. The summed E-state index contributed by atoms with van der Waals surface area (Å²) in [5.74, 6) is 1.36. The first-order valence-electron chi connectivity index (χ1n) is 9.91. The minimum absolute atomic E-state index is 0.202. The maximum atomic E-state index is 10.8. The number of aliphatic hydroxyl groups is 3. The van der Waals surface area contributed by atoms with Gasteiger partial charge in [0.15, 0.2) is 0 Å². The summed E-state index contributed by atoms with van der Waals surface area (Å²) in [5, 5.41) is 31.4. The second kappa shape index (κ2) is 7.61. The lowest BCUT2D eigenvalue weighted by Gasteiger charge is -2.46. The maximum absolute atomic E-state index is 10.8. The molecule has 6 nitrogen and oxygen atoms in total. The summed E-state index contributed by atoms with van der Waals surface area (Å²) in [6.07, 6.45) is -2.34. The maximum Gasteiger partial charge on any atom is 0.123 e. The number of ether oxygens (including phenoxy) is 3. The molecular formula is C23H28O6. The van der Waals surface area contributed by atoms with Crippen molar-refractivity contribution in [2.75, 3.05) is 14.2 Å². The average molecular weight is 400 g/mol. The zero-order valence-electron chi connectivity index (χ0n) is 17.0. The molecule has 4 rings (SSSR count). The molecule has 2 aromatic carbocycles. The monoisotopic (exact) mass is 400 g/mol. The Morgan fingerprint density at radius 3 is 2.41 bits per heavy atom. The molecule has 0 amide bonds. The van der Waals surface area contributed by atoms with Crippen LogP contribution in [0.25, 0.3) is 0 Å². The van der Waals surface area contributed by atoms with Crippen LogP contribution in [0.1, 0.15) is 35.6 Å². The Morgan fingerprint density at radius 1 is 1.03 bits per heavy atom. The number of hydrogen-bond acceptors (Lipinski definition) is 6. The van der Waals surface area contributed by atoms with Gasteiger partial charge in [-0.1, -0.05) is 19.1 Å². The smallest absolute Gasteiger partial charge is 0.123 e. The van der Waals surface area contributed by atoms with Crippen LogP contribution in [-0.2, 0) is 23.4 Å². The molecule has 0 aromatic heterocycles. The van der Waals surface area contributed by atoms with Crippen molar-refractivity contribution in [1.29, 1.82) is 0 Å². The van der Waals surface area contributed by atoms with E-state index in [1.54, 1.807) is 14.2 Å². The second-order valence-corrected chi connectivity index (χ2v) is 8.13. The van der Waals surface area contributed by atoms with Crippen molar-refractivity contribution in [3.63, 3.8) is 0 Å². The summed E-state index contributed by atoms with van der Waals surface area (Å²) in [6.45, 7) is 2.20. The van der Waals surface area contributed by atoms with E-state index in [-0.39, 0.29) is 5.92 Å². The zero-order chi connectivity index (χ0) is 20.8. The third kappa shape index (κ3) is 3.30. The number of benzene rings is 2. The summed E-state index contributed by atoms with van der Waals surface area (Å²) in [6, 6.07) is 11.8. The van der Waals surface area contributed by atoms with E-state index in [4.69, 9.17) is 14.2 Å². The number of rotatable bonds is 4. The molecule has 0 unspecified atom stereocenters. The molecule has 1 fully saturated rings. The lowest BCUT2D eigenvalue weighted by molar-refractivity contribution is -0.222. The normalized spacial score (nSPS) is 31.0. The average Bonchev–Trinajstić information content (AvgIpc) is 3.09. The molecule has 2 aliphatic rings. The molecule has 1 heterocycles. The molecule has 156 valence electrons. The van der Waals surface area contributed by atoms with Crippen LogP contribution in [0.15, 0.2) is 36.4 Å². The van der Waals surface area contributed by atoms with Crippen LogP contribution in [0.5, 0.6) is 11.5 Å². The Bertz CT molecular complexity index is 880. The quantitative estimate of drug-likeness (QED) is 0.729. The highest BCUT2D eigenvalue weighted by atomic mass is 16.5. The molecule has 2 aromatic rings. The van der Waals surface area contributed by atoms with E-state index in [1.165, 1.54) is 0 Å². The van der Waals surface area contributed by atoms with E-state index < -0.39 is 23.9 Å². The van der Waals surface area contributed by atoms with Crippen molar-refractivity contribution in [3.8, 4) is 11.5 Å². The fraction of sp³-hybridized carbons (Fsp3) is 0.478. The highest BCUT2D eigenvalue weighted by Crippen LogP contribution is 2.50. The van der Waals surface area contributed by atoms with Crippen LogP contribution in [-0.4, -0.2) is 47.9 Å². The molecule has 29 heavy (non-hydrogen) atoms. The lowest BCUT2D eigenvalue weighted by atomic mass is 9.70. The first-order chi connectivity index (χ1) is 13.9. The van der Waals surface area contributed by atoms with E-state index in [9.17, 15) is 15.3 Å². The van der Waals surface area contributed by atoms with Gasteiger partial charge < -0.3 is 29.5 Å². The first-order valence-corrected chi connectivity index (χ1v) is 9.91. The molecule has 5 atom stereocenters. The van der Waals surface area contributed by atoms with Crippen LogP contribution in [0, 0.1) is 5.92 Å². The van der Waals surface area contributed by atoms with Crippen molar-refractivity contribution < 1.29 is 29.5 Å². The van der Waals surface area contributed by atoms with Gasteiger partial charge in [-0.3, -0.25) is 0 Å². The third-order valence-corrected chi connectivity index (χ3v) is 6.36. The predicted molar refractivity (Wildman–Crippen MR) is 107 cm³/mol. The molecule has 0 saturated heterocycles. The molecule has 0 bridgehead atoms. The molecule has 1 aliphatic carbocycles. The van der Waals surface area contributed by atoms with Gasteiger partial charge in [-0.2, -0.15) is 0 Å². The van der Waals surface area contributed by atoms with Crippen LogP contribution >= 0.6 is 0 Å². The minimum atomic E-state index is -1.25. The van der Waals surface area contributed by atoms with Gasteiger partial charge in [0.1, 0.15) is 29.3 Å². The molecule has 1 saturated carbocycles. The van der Waals surface area contributed by atoms with Gasteiger partial charge in [-0.15, -0.1) is 0 Å². The summed E-state index contributed by atoms with van der Waals surface area (Å²) in [5.41, 5.74) is 2.86. The van der Waals surface area contributed by atoms with E-state index >= 15 is 0 Å². The number of fused-ring (bicyclic) bond motifs is 2. The fourth-order valence-corrected chi connectivity index (χ4v) is 4.69. The Balaban J connectivity index is 1.73. The van der Waals surface area contributed by atoms with E-state index in [0.717, 1.165) is 33.8 Å². The van der Waals surface area contributed by atoms with E-state index in [1.807, 2.05) is 43.3 Å². The Kier molecular flexibility index (Phi) is 5.29. The van der Waals surface area contributed by atoms with Gasteiger partial charge in [0.05, 0.1) is 26.9 Å². The summed E-state index contributed by atoms with van der Waals surface area (Å²) < 4.78 is 16.9. The molecule has 0 radical (unpaired) electrons. The van der Waals surface area contributed by atoms with Gasteiger partial charge >= 0.3 is 0 Å². The molecule has 1 spiro atoms. The summed E-state index contributed by atoms with van der Waals surface area (Å²) >= 11 is 0. The van der Waals surface area contributed by atoms with Crippen LogP contribution < -0.4 is 9.47 Å². The van der Waals surface area contributed by atoms with Gasteiger partial charge in [0.25, 0.3) is 0 Å². The van der Waals surface area contributed by atoms with Crippen LogP contribution in [0.3, 0.4) is 0 Å². The highest BCUT2D eigenvalue weighted by molar-refractivity contribution is 5.49. The van der Waals surface area contributed by atoms with Gasteiger partial charge in [-0.05, 0) is 58.9 Å².